The Labute approximate surface area is 176 Å². The van der Waals surface area contributed by atoms with Crippen LogP contribution in [0.4, 0.5) is 0 Å². The van der Waals surface area contributed by atoms with E-state index in [0.29, 0.717) is 0 Å². The van der Waals surface area contributed by atoms with Crippen LogP contribution >= 0.6 is 11.3 Å². The molecule has 0 bridgehead atoms. The van der Waals surface area contributed by atoms with Crippen molar-refractivity contribution in [2.75, 3.05) is 0 Å². The normalized spacial score (nSPS) is 11.5. The molecule has 3 nitrogen and oxygen atoms in total. The van der Waals surface area contributed by atoms with Gasteiger partial charge in [0.1, 0.15) is 0 Å². The largest absolute Gasteiger partial charge is 0.360 e. The second-order valence-corrected chi connectivity index (χ2v) is 8.49. The number of rotatable bonds is 9. The number of nitrogens with one attached hydrogen (secondary N) is 2. The van der Waals surface area contributed by atoms with Crippen molar-refractivity contribution in [1.82, 2.24) is 15.0 Å². The lowest BCUT2D eigenvalue weighted by Gasteiger charge is -2.05. The van der Waals surface area contributed by atoms with E-state index in [9.17, 15) is 0 Å². The average molecular weight is 402 g/mol. The van der Waals surface area contributed by atoms with Crippen LogP contribution in [0.25, 0.3) is 34.9 Å². The quantitative estimate of drug-likeness (QED) is 0.281. The molecule has 148 valence electrons. The minimum absolute atomic E-state index is 0.949. The van der Waals surface area contributed by atoms with E-state index in [1.807, 2.05) is 35.9 Å². The molecule has 4 heterocycles. The Bertz CT molecular complexity index is 987. The van der Waals surface area contributed by atoms with Gasteiger partial charge in [0.2, 0.25) is 0 Å². The summed E-state index contributed by atoms with van der Waals surface area (Å²) in [6.45, 7) is 2.26. The van der Waals surface area contributed by atoms with Gasteiger partial charge in [-0.15, -0.1) is 11.3 Å². The Balaban J connectivity index is 1.54. The lowest BCUT2D eigenvalue weighted by molar-refractivity contribution is 0.670. The molecule has 4 rings (SSSR count). The number of aromatic amines is 2. The Kier molecular flexibility index (Phi) is 6.42. The summed E-state index contributed by atoms with van der Waals surface area (Å²) >= 11 is 1.90. The average Bonchev–Trinajstić information content (AvgIpc) is 3.52. The summed E-state index contributed by atoms with van der Waals surface area (Å²) in [5.74, 6) is 0. The minimum atomic E-state index is 0.949. The number of pyridine rings is 1. The van der Waals surface area contributed by atoms with Gasteiger partial charge in [-0.3, -0.25) is 0 Å². The Morgan fingerprint density at radius 2 is 1.59 bits per heavy atom. The van der Waals surface area contributed by atoms with Crippen molar-refractivity contribution in [3.8, 4) is 22.8 Å². The maximum absolute atomic E-state index is 4.83. The number of aromatic nitrogens is 3. The van der Waals surface area contributed by atoms with Crippen LogP contribution < -0.4 is 0 Å². The van der Waals surface area contributed by atoms with Crippen LogP contribution in [0, 0.1) is 0 Å². The van der Waals surface area contributed by atoms with Crippen molar-refractivity contribution in [3.05, 3.63) is 76.2 Å². The van der Waals surface area contributed by atoms with Gasteiger partial charge in [-0.05, 0) is 73.0 Å². The Morgan fingerprint density at radius 3 is 2.21 bits per heavy atom. The molecule has 0 radical (unpaired) electrons. The molecule has 29 heavy (non-hydrogen) atoms. The highest BCUT2D eigenvalue weighted by Crippen LogP contribution is 2.26. The lowest BCUT2D eigenvalue weighted by Crippen LogP contribution is -1.90. The molecule has 4 aromatic heterocycles. The van der Waals surface area contributed by atoms with Crippen molar-refractivity contribution in [3.63, 3.8) is 0 Å². The topological polar surface area (TPSA) is 44.5 Å². The molecular formula is C25H27N3S. The van der Waals surface area contributed by atoms with Gasteiger partial charge in [-0.2, -0.15) is 0 Å². The van der Waals surface area contributed by atoms with E-state index in [4.69, 9.17) is 4.98 Å². The molecule has 0 spiro atoms. The number of nitrogens with zero attached hydrogens (tertiary/aromatic N) is 1. The molecule has 0 saturated heterocycles. The second kappa shape index (κ2) is 9.57. The second-order valence-electron chi connectivity index (χ2n) is 7.29. The van der Waals surface area contributed by atoms with Gasteiger partial charge in [0.15, 0.2) is 0 Å². The first-order chi connectivity index (χ1) is 14.3. The van der Waals surface area contributed by atoms with Crippen molar-refractivity contribution in [1.29, 1.82) is 0 Å². The van der Waals surface area contributed by atoms with Crippen LogP contribution in [0.1, 0.15) is 47.9 Å². The van der Waals surface area contributed by atoms with E-state index in [-0.39, 0.29) is 0 Å². The highest BCUT2D eigenvalue weighted by molar-refractivity contribution is 7.12. The van der Waals surface area contributed by atoms with Crippen LogP contribution in [0.15, 0.2) is 60.9 Å². The van der Waals surface area contributed by atoms with Crippen LogP contribution in [0.2, 0.25) is 0 Å². The number of H-pyrrole nitrogens is 2. The fourth-order valence-electron chi connectivity index (χ4n) is 3.43. The summed E-state index contributed by atoms with van der Waals surface area (Å²) in [4.78, 5) is 14.1. The third-order valence-electron chi connectivity index (χ3n) is 4.99. The molecular weight excluding hydrogens is 374 g/mol. The van der Waals surface area contributed by atoms with E-state index >= 15 is 0 Å². The summed E-state index contributed by atoms with van der Waals surface area (Å²) in [5.41, 5.74) is 5.10. The molecule has 0 amide bonds. The third-order valence-corrected chi connectivity index (χ3v) is 6.10. The summed E-state index contributed by atoms with van der Waals surface area (Å²) in [5, 5.41) is 0. The minimum Gasteiger partial charge on any atom is -0.360 e. The molecule has 0 unspecified atom stereocenters. The molecule has 0 aromatic carbocycles. The molecule has 0 aliphatic heterocycles. The van der Waals surface area contributed by atoms with E-state index in [2.05, 4.69) is 65.4 Å². The van der Waals surface area contributed by atoms with Gasteiger partial charge in [-0.25, -0.2) is 4.98 Å². The number of hydrogen-bond donors (Lipinski definition) is 2. The van der Waals surface area contributed by atoms with E-state index in [1.54, 1.807) is 0 Å². The molecule has 0 fully saturated rings. The van der Waals surface area contributed by atoms with Crippen LogP contribution in [0.3, 0.4) is 0 Å². The summed E-state index contributed by atoms with van der Waals surface area (Å²) in [6.07, 6.45) is 14.7. The zero-order valence-corrected chi connectivity index (χ0v) is 17.6. The van der Waals surface area contributed by atoms with Gasteiger partial charge < -0.3 is 9.97 Å². The SMILES string of the molecule is CCCCCCc1ccc(/C=C/c2cc(-c3ccc[nH]3)nc(-c3ccc[nH]3)c2)s1. The van der Waals surface area contributed by atoms with Crippen molar-refractivity contribution in [2.45, 2.75) is 39.0 Å². The molecule has 0 aliphatic rings. The van der Waals surface area contributed by atoms with E-state index in [1.165, 1.54) is 41.9 Å². The van der Waals surface area contributed by atoms with Gasteiger partial charge in [0.25, 0.3) is 0 Å². The molecule has 2 N–H and O–H groups in total. The lowest BCUT2D eigenvalue weighted by atomic mass is 10.1. The predicted molar refractivity (Wildman–Crippen MR) is 125 cm³/mol. The molecule has 0 saturated carbocycles. The monoisotopic (exact) mass is 401 g/mol. The fraction of sp³-hybridized carbons (Fsp3) is 0.240. The van der Waals surface area contributed by atoms with Crippen LogP contribution in [-0.2, 0) is 6.42 Å². The first-order valence-corrected chi connectivity index (χ1v) is 11.2. The van der Waals surface area contributed by atoms with E-state index in [0.717, 1.165) is 28.3 Å². The smallest absolute Gasteiger partial charge is 0.0878 e. The predicted octanol–water partition coefficient (Wildman–Crippen LogP) is 7.43. The molecule has 0 atom stereocenters. The first-order valence-electron chi connectivity index (χ1n) is 10.4. The Hall–Kier alpha value is -2.85. The summed E-state index contributed by atoms with van der Waals surface area (Å²) in [7, 11) is 0. The fourth-order valence-corrected chi connectivity index (χ4v) is 4.38. The highest BCUT2D eigenvalue weighted by atomic mass is 32.1. The van der Waals surface area contributed by atoms with E-state index < -0.39 is 0 Å². The Morgan fingerprint density at radius 1 is 0.862 bits per heavy atom. The number of thiophene rings is 1. The number of unbranched alkanes of at least 4 members (excludes halogenated alkanes) is 3. The maximum Gasteiger partial charge on any atom is 0.0878 e. The van der Waals surface area contributed by atoms with Gasteiger partial charge >= 0.3 is 0 Å². The van der Waals surface area contributed by atoms with Crippen molar-refractivity contribution in [2.24, 2.45) is 0 Å². The number of aryl methyl sites for hydroxylation is 1. The third kappa shape index (κ3) is 5.15. The van der Waals surface area contributed by atoms with Crippen molar-refractivity contribution >= 4 is 23.5 Å². The maximum atomic E-state index is 4.83. The molecule has 4 heteroatoms. The molecule has 4 aromatic rings. The zero-order chi connectivity index (χ0) is 19.9. The van der Waals surface area contributed by atoms with Gasteiger partial charge in [0.05, 0.1) is 22.8 Å². The standard InChI is InChI=1S/C25H27N3S/c1-2-3-4-5-8-20-13-14-21(29-20)12-11-19-17-24(22-9-6-15-26-22)28-25(18-19)23-10-7-16-27-23/h6-7,9-18,26-27H,2-5,8H2,1H3/b12-11+. The van der Waals surface area contributed by atoms with Crippen LogP contribution in [-0.4, -0.2) is 15.0 Å². The number of hydrogen-bond acceptors (Lipinski definition) is 2. The first kappa shape index (κ1) is 19.5. The molecule has 0 aliphatic carbocycles. The van der Waals surface area contributed by atoms with Gasteiger partial charge in [0, 0.05) is 22.1 Å². The summed E-state index contributed by atoms with van der Waals surface area (Å²) < 4.78 is 0. The van der Waals surface area contributed by atoms with Crippen molar-refractivity contribution < 1.29 is 0 Å². The van der Waals surface area contributed by atoms with Crippen LogP contribution in [0.5, 0.6) is 0 Å². The zero-order valence-electron chi connectivity index (χ0n) is 16.8. The highest BCUT2D eigenvalue weighted by Gasteiger charge is 2.07. The van der Waals surface area contributed by atoms with Gasteiger partial charge in [-0.1, -0.05) is 32.3 Å². The summed E-state index contributed by atoms with van der Waals surface area (Å²) in [6, 6.07) is 16.9.